The zero-order valence-corrected chi connectivity index (χ0v) is 11.5. The Labute approximate surface area is 108 Å². The summed E-state index contributed by atoms with van der Waals surface area (Å²) in [5.41, 5.74) is 0. The summed E-state index contributed by atoms with van der Waals surface area (Å²) in [4.78, 5) is 0. The summed E-state index contributed by atoms with van der Waals surface area (Å²) in [5.74, 6) is 0.999. The second kappa shape index (κ2) is 6.21. The first-order chi connectivity index (χ1) is 8.72. The lowest BCUT2D eigenvalue weighted by molar-refractivity contribution is 0.311. The van der Waals surface area contributed by atoms with E-state index in [0.29, 0.717) is 17.8 Å². The van der Waals surface area contributed by atoms with E-state index >= 15 is 0 Å². The van der Waals surface area contributed by atoms with E-state index in [1.807, 2.05) is 18.2 Å². The van der Waals surface area contributed by atoms with Crippen molar-refractivity contribution < 1.29 is 13.6 Å². The summed E-state index contributed by atoms with van der Waals surface area (Å²) >= 11 is 0. The lowest BCUT2D eigenvalue weighted by Gasteiger charge is -2.23. The van der Waals surface area contributed by atoms with Crippen molar-refractivity contribution in [2.75, 3.05) is 13.3 Å². The molecule has 0 spiro atoms. The molecule has 1 aromatic rings. The van der Waals surface area contributed by atoms with Crippen molar-refractivity contribution in [2.45, 2.75) is 19.3 Å². The minimum Gasteiger partial charge on any atom is -0.424 e. The van der Waals surface area contributed by atoms with Gasteiger partial charge in [0.2, 0.25) is 0 Å². The van der Waals surface area contributed by atoms with E-state index in [0.717, 1.165) is 19.3 Å². The highest BCUT2D eigenvalue weighted by atomic mass is 31.2. The van der Waals surface area contributed by atoms with Crippen molar-refractivity contribution in [3.63, 3.8) is 0 Å². The highest BCUT2D eigenvalue weighted by molar-refractivity contribution is 7.54. The molecule has 2 unspecified atom stereocenters. The minimum absolute atomic E-state index is 0.393. The molecule has 0 aliphatic heterocycles. The summed E-state index contributed by atoms with van der Waals surface area (Å²) in [6, 6.07) is 9.22. The molecule has 18 heavy (non-hydrogen) atoms. The Morgan fingerprint density at radius 1 is 1.28 bits per heavy atom. The number of hydrogen-bond donors (Lipinski definition) is 0. The first kappa shape index (κ1) is 13.4. The molecule has 0 saturated heterocycles. The fourth-order valence-electron chi connectivity index (χ4n) is 2.13. The van der Waals surface area contributed by atoms with Gasteiger partial charge in [-0.3, -0.25) is 0 Å². The van der Waals surface area contributed by atoms with Crippen LogP contribution in [0.15, 0.2) is 42.5 Å². The molecular weight excluding hydrogens is 247 g/mol. The maximum absolute atomic E-state index is 12.6. The molecule has 0 aromatic heterocycles. The molecule has 1 aliphatic rings. The van der Waals surface area contributed by atoms with Gasteiger partial charge >= 0.3 is 7.60 Å². The zero-order valence-electron chi connectivity index (χ0n) is 10.6. The lowest BCUT2D eigenvalue weighted by Crippen LogP contribution is -2.12. The highest BCUT2D eigenvalue weighted by Crippen LogP contribution is 2.50. The Morgan fingerprint density at radius 3 is 2.67 bits per heavy atom. The average molecular weight is 266 g/mol. The Balaban J connectivity index is 2.01. The number of rotatable bonds is 5. The molecule has 3 nitrogen and oxygen atoms in total. The predicted molar refractivity (Wildman–Crippen MR) is 73.0 cm³/mol. The second-order valence-electron chi connectivity index (χ2n) is 4.53. The maximum atomic E-state index is 12.6. The normalized spacial score (nSPS) is 22.4. The summed E-state index contributed by atoms with van der Waals surface area (Å²) in [6.07, 6.45) is 7.89. The molecule has 0 amide bonds. The fourth-order valence-corrected chi connectivity index (χ4v) is 3.83. The van der Waals surface area contributed by atoms with E-state index in [2.05, 4.69) is 12.2 Å². The molecule has 0 N–H and O–H groups in total. The lowest BCUT2D eigenvalue weighted by atomic mass is 9.96. The number of benzene rings is 1. The molecule has 2 rings (SSSR count). The van der Waals surface area contributed by atoms with Gasteiger partial charge in [0.05, 0.1) is 6.16 Å². The third-order valence-corrected chi connectivity index (χ3v) is 5.13. The van der Waals surface area contributed by atoms with Gasteiger partial charge in [0.15, 0.2) is 0 Å². The predicted octanol–water partition coefficient (Wildman–Crippen LogP) is 4.26. The molecule has 0 bridgehead atoms. The average Bonchev–Trinajstić information content (AvgIpc) is 2.41. The molecule has 4 heteroatoms. The Hall–Kier alpha value is -1.05. The van der Waals surface area contributed by atoms with Gasteiger partial charge in [-0.05, 0) is 37.3 Å². The van der Waals surface area contributed by atoms with Crippen LogP contribution in [-0.2, 0) is 9.09 Å². The molecule has 0 fully saturated rings. The monoisotopic (exact) mass is 266 g/mol. The van der Waals surface area contributed by atoms with Crippen LogP contribution < -0.4 is 4.52 Å². The first-order valence-electron chi connectivity index (χ1n) is 6.26. The second-order valence-corrected chi connectivity index (χ2v) is 6.67. The van der Waals surface area contributed by atoms with Crippen LogP contribution in [0, 0.1) is 5.92 Å². The van der Waals surface area contributed by atoms with Gasteiger partial charge < -0.3 is 9.05 Å². The third kappa shape index (κ3) is 3.72. The number of allylic oxidation sites excluding steroid dienone is 2. The van der Waals surface area contributed by atoms with Crippen LogP contribution in [0.4, 0.5) is 0 Å². The molecule has 1 aliphatic carbocycles. The van der Waals surface area contributed by atoms with Crippen molar-refractivity contribution in [1.29, 1.82) is 0 Å². The summed E-state index contributed by atoms with van der Waals surface area (Å²) in [7, 11) is -1.56. The van der Waals surface area contributed by atoms with Gasteiger partial charge in [0, 0.05) is 7.11 Å². The van der Waals surface area contributed by atoms with Crippen LogP contribution in [-0.4, -0.2) is 13.3 Å². The van der Waals surface area contributed by atoms with Gasteiger partial charge in [0.1, 0.15) is 5.75 Å². The fraction of sp³-hybridized carbons (Fsp3) is 0.429. The van der Waals surface area contributed by atoms with Crippen molar-refractivity contribution in [1.82, 2.24) is 0 Å². The standard InChI is InChI=1S/C14H19O3P/c1-16-18(15,12-13-8-4-2-5-9-13)17-14-10-6-3-7-11-14/h2-4,6-7,10-11,13H,5,8-9,12H2,1H3. The molecule has 98 valence electrons. The summed E-state index contributed by atoms with van der Waals surface area (Å²) in [5, 5.41) is 0. The van der Waals surface area contributed by atoms with E-state index < -0.39 is 7.60 Å². The number of para-hydroxylation sites is 1. The van der Waals surface area contributed by atoms with Crippen molar-refractivity contribution in [3.05, 3.63) is 42.5 Å². The van der Waals surface area contributed by atoms with Crippen LogP contribution >= 0.6 is 7.60 Å². The van der Waals surface area contributed by atoms with Gasteiger partial charge in [-0.25, -0.2) is 4.57 Å². The van der Waals surface area contributed by atoms with Crippen molar-refractivity contribution >= 4 is 7.60 Å². The van der Waals surface area contributed by atoms with Gasteiger partial charge in [-0.1, -0.05) is 30.4 Å². The van der Waals surface area contributed by atoms with Gasteiger partial charge in [-0.15, -0.1) is 0 Å². The van der Waals surface area contributed by atoms with E-state index in [1.165, 1.54) is 7.11 Å². The van der Waals surface area contributed by atoms with Crippen molar-refractivity contribution in [2.24, 2.45) is 5.92 Å². The van der Waals surface area contributed by atoms with E-state index in [9.17, 15) is 4.57 Å². The Bertz CT molecular complexity index is 442. The summed E-state index contributed by atoms with van der Waals surface area (Å²) < 4.78 is 23.3. The molecule has 0 radical (unpaired) electrons. The van der Waals surface area contributed by atoms with Crippen LogP contribution in [0.2, 0.25) is 0 Å². The van der Waals surface area contributed by atoms with Crippen LogP contribution in [0.3, 0.4) is 0 Å². The van der Waals surface area contributed by atoms with Gasteiger partial charge in [0.25, 0.3) is 0 Å². The number of hydrogen-bond acceptors (Lipinski definition) is 3. The Kier molecular flexibility index (Phi) is 4.62. The zero-order chi connectivity index (χ0) is 12.8. The quantitative estimate of drug-likeness (QED) is 0.590. The third-order valence-electron chi connectivity index (χ3n) is 3.13. The highest BCUT2D eigenvalue weighted by Gasteiger charge is 2.29. The first-order valence-corrected chi connectivity index (χ1v) is 7.99. The van der Waals surface area contributed by atoms with Gasteiger partial charge in [-0.2, -0.15) is 0 Å². The molecule has 1 aromatic carbocycles. The van der Waals surface area contributed by atoms with E-state index in [4.69, 9.17) is 9.05 Å². The maximum Gasteiger partial charge on any atom is 0.379 e. The van der Waals surface area contributed by atoms with Crippen LogP contribution in [0.25, 0.3) is 0 Å². The molecule has 2 atom stereocenters. The molecular formula is C14H19O3P. The minimum atomic E-state index is -3.02. The van der Waals surface area contributed by atoms with E-state index in [1.54, 1.807) is 12.1 Å². The largest absolute Gasteiger partial charge is 0.424 e. The Morgan fingerprint density at radius 2 is 2.06 bits per heavy atom. The SMILES string of the molecule is COP(=O)(CC1CC=CCC1)Oc1ccccc1. The van der Waals surface area contributed by atoms with Crippen molar-refractivity contribution in [3.8, 4) is 5.75 Å². The van der Waals surface area contributed by atoms with E-state index in [-0.39, 0.29) is 0 Å². The van der Waals surface area contributed by atoms with Crippen LogP contribution in [0.1, 0.15) is 19.3 Å². The van der Waals surface area contributed by atoms with Crippen LogP contribution in [0.5, 0.6) is 5.75 Å². The molecule has 0 saturated carbocycles. The summed E-state index contributed by atoms with van der Waals surface area (Å²) in [6.45, 7) is 0. The smallest absolute Gasteiger partial charge is 0.379 e. The topological polar surface area (TPSA) is 35.5 Å². The molecule has 0 heterocycles.